The average Bonchev–Trinajstić information content (AvgIpc) is 2.17. The van der Waals surface area contributed by atoms with Crippen molar-refractivity contribution in [3.05, 3.63) is 45.4 Å². The molecule has 0 radical (unpaired) electrons. The zero-order chi connectivity index (χ0) is 11.1. The van der Waals surface area contributed by atoms with Crippen molar-refractivity contribution in [3.8, 4) is 0 Å². The molecule has 3 N–H and O–H groups in total. The Kier molecular flexibility index (Phi) is 2.27. The second-order valence-electron chi connectivity index (χ2n) is 4.23. The van der Waals surface area contributed by atoms with Crippen molar-refractivity contribution in [1.82, 2.24) is 4.98 Å². The van der Waals surface area contributed by atoms with Crippen molar-refractivity contribution < 1.29 is 0 Å². The number of aromatic nitrogens is 1. The molecule has 80 valence electrons. The molecule has 2 rings (SSSR count). The lowest BCUT2D eigenvalue weighted by Crippen LogP contribution is -2.40. The second kappa shape index (κ2) is 3.35. The minimum atomic E-state index is -0.438. The van der Waals surface area contributed by atoms with E-state index in [0.717, 1.165) is 24.1 Å². The van der Waals surface area contributed by atoms with E-state index in [4.69, 9.17) is 5.73 Å². The van der Waals surface area contributed by atoms with E-state index in [1.54, 1.807) is 6.07 Å². The molecule has 0 fully saturated rings. The van der Waals surface area contributed by atoms with Crippen molar-refractivity contribution in [2.75, 3.05) is 0 Å². The zero-order valence-corrected chi connectivity index (χ0v) is 9.13. The molecule has 3 heteroatoms. The molecule has 0 aliphatic heterocycles. The Morgan fingerprint density at radius 2 is 2.20 bits per heavy atom. The van der Waals surface area contributed by atoms with Gasteiger partial charge < -0.3 is 10.7 Å². The van der Waals surface area contributed by atoms with Gasteiger partial charge in [0.25, 0.3) is 0 Å². The number of aromatic amines is 1. The smallest absolute Gasteiger partial charge is 0.248 e. The quantitative estimate of drug-likeness (QED) is 0.628. The highest BCUT2D eigenvalue weighted by molar-refractivity contribution is 5.40. The number of H-pyrrole nitrogens is 1. The van der Waals surface area contributed by atoms with Crippen molar-refractivity contribution in [2.24, 2.45) is 5.73 Å². The summed E-state index contributed by atoms with van der Waals surface area (Å²) < 4.78 is 0. The first kappa shape index (κ1) is 10.2. The summed E-state index contributed by atoms with van der Waals surface area (Å²) in [5, 5.41) is 0. The highest BCUT2D eigenvalue weighted by Gasteiger charge is 2.32. The van der Waals surface area contributed by atoms with Gasteiger partial charge in [0.2, 0.25) is 5.56 Å². The first-order valence-corrected chi connectivity index (χ1v) is 5.23. The number of hydrogen-bond donors (Lipinski definition) is 2. The Morgan fingerprint density at radius 3 is 2.87 bits per heavy atom. The van der Waals surface area contributed by atoms with Gasteiger partial charge in [-0.1, -0.05) is 11.6 Å². The number of aryl methyl sites for hydroxylation is 1. The van der Waals surface area contributed by atoms with Gasteiger partial charge in [0.05, 0.1) is 5.54 Å². The molecular formula is C12H16N2O. The van der Waals surface area contributed by atoms with Crippen molar-refractivity contribution in [1.29, 1.82) is 0 Å². The minimum absolute atomic E-state index is 0.0477. The van der Waals surface area contributed by atoms with Crippen LogP contribution in [0.15, 0.2) is 28.6 Å². The number of fused-ring (bicyclic) bond motifs is 1. The Bertz CT molecular complexity index is 469. The number of nitrogens with one attached hydrogen (secondary N) is 1. The van der Waals surface area contributed by atoms with Crippen LogP contribution in [0.4, 0.5) is 0 Å². The van der Waals surface area contributed by atoms with Crippen LogP contribution in [0.25, 0.3) is 0 Å². The van der Waals surface area contributed by atoms with Crippen LogP contribution in [-0.4, -0.2) is 4.98 Å². The third-order valence-electron chi connectivity index (χ3n) is 3.22. The summed E-state index contributed by atoms with van der Waals surface area (Å²) in [6.07, 6.45) is 3.88. The summed E-state index contributed by atoms with van der Waals surface area (Å²) in [4.78, 5) is 14.1. The van der Waals surface area contributed by atoms with Gasteiger partial charge in [-0.3, -0.25) is 4.79 Å². The fraction of sp³-hybridized carbons (Fsp3) is 0.417. The predicted octanol–water partition coefficient (Wildman–Crippen LogP) is 1.44. The summed E-state index contributed by atoms with van der Waals surface area (Å²) >= 11 is 0. The van der Waals surface area contributed by atoms with Crippen LogP contribution in [-0.2, 0) is 12.0 Å². The maximum absolute atomic E-state index is 11.2. The summed E-state index contributed by atoms with van der Waals surface area (Å²) in [6.45, 7) is 4.01. The maximum Gasteiger partial charge on any atom is 0.248 e. The Balaban J connectivity index is 2.62. The lowest BCUT2D eigenvalue weighted by Gasteiger charge is -2.34. The van der Waals surface area contributed by atoms with Crippen LogP contribution in [0.5, 0.6) is 0 Å². The molecule has 0 spiro atoms. The molecule has 1 aromatic rings. The molecule has 1 atom stereocenters. The van der Waals surface area contributed by atoms with E-state index in [1.165, 1.54) is 5.57 Å². The number of allylic oxidation sites excluding steroid dienone is 1. The number of pyridine rings is 1. The fourth-order valence-corrected chi connectivity index (χ4v) is 2.34. The maximum atomic E-state index is 11.2. The van der Waals surface area contributed by atoms with E-state index in [1.807, 2.05) is 19.9 Å². The fourth-order valence-electron chi connectivity index (χ4n) is 2.34. The van der Waals surface area contributed by atoms with Gasteiger partial charge in [-0.2, -0.15) is 0 Å². The normalized spacial score (nSPS) is 27.8. The largest absolute Gasteiger partial charge is 0.326 e. The predicted molar refractivity (Wildman–Crippen MR) is 60.7 cm³/mol. The van der Waals surface area contributed by atoms with E-state index in [-0.39, 0.29) is 5.56 Å². The van der Waals surface area contributed by atoms with E-state index >= 15 is 0 Å². The molecule has 0 saturated carbocycles. The number of nitrogens with two attached hydrogens (primary N) is 1. The van der Waals surface area contributed by atoms with Gasteiger partial charge in [0.15, 0.2) is 0 Å². The van der Waals surface area contributed by atoms with Crippen LogP contribution in [0.3, 0.4) is 0 Å². The monoisotopic (exact) mass is 204 g/mol. The Labute approximate surface area is 89.0 Å². The van der Waals surface area contributed by atoms with E-state index < -0.39 is 5.54 Å². The van der Waals surface area contributed by atoms with E-state index in [2.05, 4.69) is 11.1 Å². The van der Waals surface area contributed by atoms with Crippen LogP contribution >= 0.6 is 0 Å². The molecule has 15 heavy (non-hydrogen) atoms. The summed E-state index contributed by atoms with van der Waals surface area (Å²) in [5.74, 6) is 0. The van der Waals surface area contributed by atoms with Crippen LogP contribution in [0.2, 0.25) is 0 Å². The topological polar surface area (TPSA) is 58.9 Å². The second-order valence-corrected chi connectivity index (χ2v) is 4.23. The zero-order valence-electron chi connectivity index (χ0n) is 9.13. The average molecular weight is 204 g/mol. The van der Waals surface area contributed by atoms with Crippen LogP contribution in [0.1, 0.15) is 31.5 Å². The lowest BCUT2D eigenvalue weighted by atomic mass is 9.76. The molecule has 1 aliphatic rings. The molecule has 0 bridgehead atoms. The summed E-state index contributed by atoms with van der Waals surface area (Å²) in [7, 11) is 0. The Morgan fingerprint density at radius 1 is 1.47 bits per heavy atom. The van der Waals surface area contributed by atoms with Gasteiger partial charge in [-0.25, -0.2) is 0 Å². The summed E-state index contributed by atoms with van der Waals surface area (Å²) in [6, 6.07) is 3.39. The number of hydrogen-bond acceptors (Lipinski definition) is 2. The standard InChI is InChI=1S/C12H16N2O/c1-3-8-4-6-10-9(12(8,2)13)5-7-11(15)14-10/h3,5,7H,4,6,13H2,1-2H3,(H,14,15)/b8-3-/t12-/m0/s1. The molecule has 0 aromatic carbocycles. The molecule has 0 unspecified atom stereocenters. The molecule has 0 amide bonds. The van der Waals surface area contributed by atoms with Gasteiger partial charge in [0.1, 0.15) is 0 Å². The SMILES string of the molecule is C/C=C1/CCc2[nH]c(=O)ccc2[C@@]1(C)N. The van der Waals surface area contributed by atoms with Gasteiger partial charge in [-0.15, -0.1) is 0 Å². The van der Waals surface area contributed by atoms with Crippen molar-refractivity contribution in [3.63, 3.8) is 0 Å². The highest BCUT2D eigenvalue weighted by Crippen LogP contribution is 2.35. The molecule has 1 heterocycles. The molecule has 3 nitrogen and oxygen atoms in total. The first-order valence-electron chi connectivity index (χ1n) is 5.23. The van der Waals surface area contributed by atoms with Gasteiger partial charge in [-0.05, 0) is 38.3 Å². The third-order valence-corrected chi connectivity index (χ3v) is 3.22. The van der Waals surface area contributed by atoms with Crippen LogP contribution in [0, 0.1) is 0 Å². The van der Waals surface area contributed by atoms with Crippen molar-refractivity contribution >= 4 is 0 Å². The third kappa shape index (κ3) is 1.53. The lowest BCUT2D eigenvalue weighted by molar-refractivity contribution is 0.519. The molecule has 1 aliphatic carbocycles. The van der Waals surface area contributed by atoms with E-state index in [9.17, 15) is 4.79 Å². The Hall–Kier alpha value is -1.35. The van der Waals surface area contributed by atoms with Gasteiger partial charge in [0, 0.05) is 11.8 Å². The van der Waals surface area contributed by atoms with Gasteiger partial charge >= 0.3 is 0 Å². The van der Waals surface area contributed by atoms with Crippen molar-refractivity contribution in [2.45, 2.75) is 32.2 Å². The van der Waals surface area contributed by atoms with E-state index in [0.29, 0.717) is 0 Å². The molecular weight excluding hydrogens is 188 g/mol. The first-order chi connectivity index (χ1) is 7.05. The number of rotatable bonds is 0. The molecule has 0 saturated heterocycles. The van der Waals surface area contributed by atoms with Crippen LogP contribution < -0.4 is 11.3 Å². The minimum Gasteiger partial charge on any atom is -0.326 e. The molecule has 1 aromatic heterocycles. The highest BCUT2D eigenvalue weighted by atomic mass is 16.1. The summed E-state index contributed by atoms with van der Waals surface area (Å²) in [5.41, 5.74) is 9.08.